The zero-order valence-corrected chi connectivity index (χ0v) is 11.6. The van der Waals surface area contributed by atoms with Gasteiger partial charge in [0.25, 0.3) is 0 Å². The second-order valence-corrected chi connectivity index (χ2v) is 4.49. The van der Waals surface area contributed by atoms with E-state index in [2.05, 4.69) is 10.6 Å². The molecule has 0 aliphatic rings. The highest BCUT2D eigenvalue weighted by molar-refractivity contribution is 5.90. The van der Waals surface area contributed by atoms with Crippen LogP contribution in [0.5, 0.6) is 0 Å². The van der Waals surface area contributed by atoms with Crippen molar-refractivity contribution in [3.63, 3.8) is 0 Å². The van der Waals surface area contributed by atoms with Gasteiger partial charge in [0.15, 0.2) is 0 Å². The van der Waals surface area contributed by atoms with Gasteiger partial charge in [0.2, 0.25) is 17.7 Å². The Hall–Kier alpha value is -2.12. The molecule has 0 aromatic rings. The minimum absolute atomic E-state index is 0.117. The smallest absolute Gasteiger partial charge is 0.305 e. The third kappa shape index (κ3) is 8.06. The summed E-state index contributed by atoms with van der Waals surface area (Å²) in [7, 11) is 0. The van der Waals surface area contributed by atoms with E-state index in [1.165, 1.54) is 0 Å². The Morgan fingerprint density at radius 1 is 1.20 bits per heavy atom. The van der Waals surface area contributed by atoms with E-state index in [1.807, 2.05) is 0 Å². The summed E-state index contributed by atoms with van der Waals surface area (Å²) in [6.07, 6.45) is 0.121. The van der Waals surface area contributed by atoms with Crippen molar-refractivity contribution in [3.8, 4) is 0 Å². The molecule has 2 atom stereocenters. The van der Waals surface area contributed by atoms with E-state index in [-0.39, 0.29) is 18.9 Å². The summed E-state index contributed by atoms with van der Waals surface area (Å²) >= 11 is 0. The van der Waals surface area contributed by atoms with Crippen LogP contribution in [0.25, 0.3) is 0 Å². The molecule has 8 nitrogen and oxygen atoms in total. The summed E-state index contributed by atoms with van der Waals surface area (Å²) in [6, 6.07) is -1.47. The van der Waals surface area contributed by atoms with Gasteiger partial charge in [-0.2, -0.15) is 0 Å². The molecule has 0 heterocycles. The Labute approximate surface area is 117 Å². The first-order chi connectivity index (χ1) is 9.26. The monoisotopic (exact) mass is 287 g/mol. The molecule has 3 amide bonds. The van der Waals surface area contributed by atoms with E-state index in [0.29, 0.717) is 6.42 Å². The predicted molar refractivity (Wildman–Crippen MR) is 70.5 cm³/mol. The summed E-state index contributed by atoms with van der Waals surface area (Å²) < 4.78 is 0. The van der Waals surface area contributed by atoms with Crippen molar-refractivity contribution < 1.29 is 24.3 Å². The Bertz CT molecular complexity index is 383. The Morgan fingerprint density at radius 3 is 2.25 bits per heavy atom. The molecule has 0 saturated heterocycles. The molecule has 8 heteroatoms. The lowest BCUT2D eigenvalue weighted by atomic mass is 10.1. The molecule has 0 fully saturated rings. The van der Waals surface area contributed by atoms with E-state index in [0.717, 1.165) is 0 Å². The maximum Gasteiger partial charge on any atom is 0.305 e. The van der Waals surface area contributed by atoms with E-state index >= 15 is 0 Å². The number of rotatable bonds is 9. The number of carbonyl (C=O) groups excluding carboxylic acids is 3. The lowest BCUT2D eigenvalue weighted by molar-refractivity contribution is -0.140. The first-order valence-corrected chi connectivity index (χ1v) is 6.36. The fourth-order valence-corrected chi connectivity index (χ4v) is 1.45. The third-order valence-corrected chi connectivity index (χ3v) is 2.56. The second kappa shape index (κ2) is 8.89. The van der Waals surface area contributed by atoms with Crippen LogP contribution in [0.4, 0.5) is 0 Å². The highest BCUT2D eigenvalue weighted by Gasteiger charge is 2.24. The highest BCUT2D eigenvalue weighted by atomic mass is 16.4. The van der Waals surface area contributed by atoms with Crippen LogP contribution in [0.15, 0.2) is 0 Å². The molecule has 0 aliphatic carbocycles. The van der Waals surface area contributed by atoms with Gasteiger partial charge in [-0.3, -0.25) is 19.2 Å². The lowest BCUT2D eigenvalue weighted by Gasteiger charge is -2.19. The number of hydrogen-bond acceptors (Lipinski definition) is 4. The first-order valence-electron chi connectivity index (χ1n) is 6.36. The topological polar surface area (TPSA) is 139 Å². The van der Waals surface area contributed by atoms with Gasteiger partial charge in [0, 0.05) is 18.9 Å². The van der Waals surface area contributed by atoms with Crippen molar-refractivity contribution in [1.29, 1.82) is 0 Å². The van der Waals surface area contributed by atoms with Gasteiger partial charge in [-0.1, -0.05) is 6.92 Å². The highest BCUT2D eigenvalue weighted by Crippen LogP contribution is 1.99. The zero-order valence-electron chi connectivity index (χ0n) is 11.6. The molecule has 114 valence electrons. The maximum absolute atomic E-state index is 11.9. The van der Waals surface area contributed by atoms with E-state index in [9.17, 15) is 19.2 Å². The molecule has 2 unspecified atom stereocenters. The van der Waals surface area contributed by atoms with Crippen LogP contribution in [0.2, 0.25) is 0 Å². The lowest BCUT2D eigenvalue weighted by Crippen LogP contribution is -2.50. The van der Waals surface area contributed by atoms with Crippen molar-refractivity contribution >= 4 is 23.7 Å². The van der Waals surface area contributed by atoms with Crippen LogP contribution in [0.3, 0.4) is 0 Å². The number of primary amides is 1. The van der Waals surface area contributed by atoms with Crippen LogP contribution in [0.1, 0.15) is 39.5 Å². The molecule has 0 bridgehead atoms. The molecule has 0 saturated carbocycles. The van der Waals surface area contributed by atoms with Gasteiger partial charge < -0.3 is 21.5 Å². The number of aliphatic carboxylic acids is 1. The van der Waals surface area contributed by atoms with E-state index in [1.54, 1.807) is 13.8 Å². The van der Waals surface area contributed by atoms with Gasteiger partial charge in [-0.15, -0.1) is 0 Å². The van der Waals surface area contributed by atoms with Crippen molar-refractivity contribution in [2.24, 2.45) is 5.73 Å². The fourth-order valence-electron chi connectivity index (χ4n) is 1.45. The quantitative estimate of drug-likeness (QED) is 0.436. The summed E-state index contributed by atoms with van der Waals surface area (Å²) in [5.41, 5.74) is 4.99. The summed E-state index contributed by atoms with van der Waals surface area (Å²) in [6.45, 7) is 3.26. The predicted octanol–water partition coefficient (Wildman–Crippen LogP) is -0.874. The molecule has 5 N–H and O–H groups in total. The van der Waals surface area contributed by atoms with Crippen molar-refractivity contribution in [3.05, 3.63) is 0 Å². The van der Waals surface area contributed by atoms with Crippen LogP contribution >= 0.6 is 0 Å². The van der Waals surface area contributed by atoms with E-state index < -0.39 is 36.2 Å². The first kappa shape index (κ1) is 17.9. The molecule has 0 aliphatic heterocycles. The molecule has 0 aromatic heterocycles. The molecule has 0 aromatic carbocycles. The number of nitrogens with one attached hydrogen (secondary N) is 2. The number of carboxylic acid groups (broad SMARTS) is 1. The molecular weight excluding hydrogens is 266 g/mol. The number of amides is 3. The number of hydrogen-bond donors (Lipinski definition) is 4. The van der Waals surface area contributed by atoms with Crippen LogP contribution in [-0.2, 0) is 19.2 Å². The molecule has 0 spiro atoms. The van der Waals surface area contributed by atoms with Gasteiger partial charge in [0.05, 0.1) is 6.42 Å². The van der Waals surface area contributed by atoms with Crippen molar-refractivity contribution in [2.75, 3.05) is 0 Å². The molecular formula is C12H21N3O5. The van der Waals surface area contributed by atoms with Gasteiger partial charge in [-0.25, -0.2) is 0 Å². The average Bonchev–Trinajstić information content (AvgIpc) is 2.34. The number of carboxylic acids is 1. The Kier molecular flexibility index (Phi) is 7.95. The molecule has 0 radical (unpaired) electrons. The largest absolute Gasteiger partial charge is 0.481 e. The minimum Gasteiger partial charge on any atom is -0.481 e. The normalized spacial score (nSPS) is 13.1. The number of carbonyl (C=O) groups is 4. The fraction of sp³-hybridized carbons (Fsp3) is 0.667. The summed E-state index contributed by atoms with van der Waals surface area (Å²) in [5, 5.41) is 13.6. The number of nitrogens with two attached hydrogens (primary N) is 1. The maximum atomic E-state index is 11.9. The van der Waals surface area contributed by atoms with Crippen molar-refractivity contribution in [2.45, 2.75) is 51.6 Å². The Morgan fingerprint density at radius 2 is 1.80 bits per heavy atom. The standard InChI is InChI=1S/C12H21N3O5/c1-3-10(17)15-8(6-11(18)19)12(20)14-7(2)4-5-9(13)16/h7-8H,3-6H2,1-2H3,(H2,13,16)(H,14,20)(H,15,17)(H,18,19). The van der Waals surface area contributed by atoms with Gasteiger partial charge in [-0.05, 0) is 13.3 Å². The zero-order chi connectivity index (χ0) is 15.7. The van der Waals surface area contributed by atoms with E-state index in [4.69, 9.17) is 10.8 Å². The summed E-state index contributed by atoms with van der Waals surface area (Å²) in [5.74, 6) is -2.67. The van der Waals surface area contributed by atoms with Crippen molar-refractivity contribution in [1.82, 2.24) is 10.6 Å². The Balaban J connectivity index is 4.49. The second-order valence-electron chi connectivity index (χ2n) is 4.49. The van der Waals surface area contributed by atoms with Crippen LogP contribution in [-0.4, -0.2) is 40.9 Å². The SMILES string of the molecule is CCC(=O)NC(CC(=O)O)C(=O)NC(C)CCC(N)=O. The van der Waals surface area contributed by atoms with Gasteiger partial charge in [0.1, 0.15) is 6.04 Å². The minimum atomic E-state index is -1.19. The van der Waals surface area contributed by atoms with Gasteiger partial charge >= 0.3 is 5.97 Å². The van der Waals surface area contributed by atoms with Crippen LogP contribution in [0, 0.1) is 0 Å². The van der Waals surface area contributed by atoms with Crippen LogP contribution < -0.4 is 16.4 Å². The average molecular weight is 287 g/mol. The molecule has 0 rings (SSSR count). The molecule has 20 heavy (non-hydrogen) atoms. The third-order valence-electron chi connectivity index (χ3n) is 2.56. The summed E-state index contributed by atoms with van der Waals surface area (Å²) in [4.78, 5) is 44.5.